The lowest BCUT2D eigenvalue weighted by Gasteiger charge is -2.22. The summed E-state index contributed by atoms with van der Waals surface area (Å²) in [6.45, 7) is 6.71. The van der Waals surface area contributed by atoms with Gasteiger partial charge in [-0.05, 0) is 58.0 Å². The summed E-state index contributed by atoms with van der Waals surface area (Å²) in [6, 6.07) is 43.4. The molecule has 1 N–H and O–H groups in total. The summed E-state index contributed by atoms with van der Waals surface area (Å²) >= 11 is 0. The fourth-order valence-corrected chi connectivity index (χ4v) is 5.11. The second-order valence-electron chi connectivity index (χ2n) is 11.1. The average molecular weight is 521 g/mol. The SMILES string of the molecule is CC(C)(C)c1ccc(-n2cc(-c3cccc(-c4ccccc4)c3)nc2-c2ccccc2O)c(-c2ccccc2)c1. The average Bonchev–Trinajstić information content (AvgIpc) is 3.43. The van der Waals surface area contributed by atoms with Gasteiger partial charge in [0.15, 0.2) is 0 Å². The molecule has 1 heterocycles. The van der Waals surface area contributed by atoms with Crippen molar-refractivity contribution in [2.45, 2.75) is 26.2 Å². The van der Waals surface area contributed by atoms with Crippen LogP contribution in [0, 0.1) is 0 Å². The Bertz CT molecular complexity index is 1780. The van der Waals surface area contributed by atoms with E-state index < -0.39 is 0 Å². The minimum absolute atomic E-state index is 0.000560. The van der Waals surface area contributed by atoms with Crippen LogP contribution in [-0.2, 0) is 5.41 Å². The summed E-state index contributed by atoms with van der Waals surface area (Å²) in [6.07, 6.45) is 2.09. The Hall–Kier alpha value is -4.89. The zero-order chi connectivity index (χ0) is 27.7. The predicted octanol–water partition coefficient (Wildman–Crippen LogP) is 9.54. The molecule has 0 saturated heterocycles. The third-order valence-corrected chi connectivity index (χ3v) is 7.32. The molecule has 6 aromatic rings. The highest BCUT2D eigenvalue weighted by molar-refractivity contribution is 5.79. The van der Waals surface area contributed by atoms with E-state index in [2.05, 4.69) is 123 Å². The van der Waals surface area contributed by atoms with E-state index in [0.717, 1.165) is 39.2 Å². The maximum Gasteiger partial charge on any atom is 0.148 e. The molecule has 0 radical (unpaired) electrons. The second kappa shape index (κ2) is 10.3. The molecular formula is C37H32N2O. The third-order valence-electron chi connectivity index (χ3n) is 7.32. The molecule has 0 unspecified atom stereocenters. The van der Waals surface area contributed by atoms with E-state index in [0.29, 0.717) is 11.4 Å². The minimum Gasteiger partial charge on any atom is -0.507 e. The Balaban J connectivity index is 1.58. The number of imidazole rings is 1. The number of phenols is 1. The van der Waals surface area contributed by atoms with Crippen LogP contribution in [0.25, 0.3) is 50.6 Å². The summed E-state index contributed by atoms with van der Waals surface area (Å²) in [7, 11) is 0. The van der Waals surface area contributed by atoms with Crippen molar-refractivity contribution >= 4 is 0 Å². The lowest BCUT2D eigenvalue weighted by atomic mass is 9.85. The Kier molecular flexibility index (Phi) is 6.57. The third kappa shape index (κ3) is 4.94. The number of para-hydroxylation sites is 1. The highest BCUT2D eigenvalue weighted by Crippen LogP contribution is 2.38. The summed E-state index contributed by atoms with van der Waals surface area (Å²) < 4.78 is 2.12. The van der Waals surface area contributed by atoms with Crippen LogP contribution in [-0.4, -0.2) is 14.7 Å². The van der Waals surface area contributed by atoms with Crippen molar-refractivity contribution in [2.24, 2.45) is 0 Å². The summed E-state index contributed by atoms with van der Waals surface area (Å²) in [5.41, 5.74) is 9.36. The summed E-state index contributed by atoms with van der Waals surface area (Å²) in [4.78, 5) is 5.13. The predicted molar refractivity (Wildman–Crippen MR) is 166 cm³/mol. The number of aromatic nitrogens is 2. The largest absolute Gasteiger partial charge is 0.507 e. The Morgan fingerprint density at radius 2 is 1.20 bits per heavy atom. The van der Waals surface area contributed by atoms with Crippen molar-refractivity contribution in [2.75, 3.05) is 0 Å². The molecular weight excluding hydrogens is 488 g/mol. The first kappa shape index (κ1) is 25.4. The monoisotopic (exact) mass is 520 g/mol. The smallest absolute Gasteiger partial charge is 0.148 e. The molecule has 0 aliphatic carbocycles. The van der Waals surface area contributed by atoms with E-state index in [1.165, 1.54) is 5.56 Å². The van der Waals surface area contributed by atoms with Crippen molar-refractivity contribution in [3.8, 4) is 56.3 Å². The van der Waals surface area contributed by atoms with E-state index in [1.807, 2.05) is 30.3 Å². The molecule has 3 heteroatoms. The molecule has 6 rings (SSSR count). The molecule has 0 bridgehead atoms. The number of aromatic hydroxyl groups is 1. The molecule has 0 atom stereocenters. The normalized spacial score (nSPS) is 11.5. The number of rotatable bonds is 5. The Morgan fingerprint density at radius 1 is 0.575 bits per heavy atom. The van der Waals surface area contributed by atoms with Gasteiger partial charge in [-0.2, -0.15) is 0 Å². The Morgan fingerprint density at radius 3 is 1.90 bits per heavy atom. The van der Waals surface area contributed by atoms with E-state index in [1.54, 1.807) is 6.07 Å². The number of hydrogen-bond acceptors (Lipinski definition) is 2. The van der Waals surface area contributed by atoms with Crippen LogP contribution >= 0.6 is 0 Å². The zero-order valence-corrected chi connectivity index (χ0v) is 23.0. The first-order valence-corrected chi connectivity index (χ1v) is 13.6. The van der Waals surface area contributed by atoms with Gasteiger partial charge < -0.3 is 5.11 Å². The van der Waals surface area contributed by atoms with Crippen molar-refractivity contribution < 1.29 is 5.11 Å². The highest BCUT2D eigenvalue weighted by Gasteiger charge is 2.21. The first-order valence-electron chi connectivity index (χ1n) is 13.6. The van der Waals surface area contributed by atoms with Crippen LogP contribution in [0.4, 0.5) is 0 Å². The van der Waals surface area contributed by atoms with Gasteiger partial charge in [-0.25, -0.2) is 4.98 Å². The van der Waals surface area contributed by atoms with Gasteiger partial charge in [0.1, 0.15) is 11.6 Å². The number of benzene rings is 5. The van der Waals surface area contributed by atoms with Gasteiger partial charge in [0, 0.05) is 17.3 Å². The van der Waals surface area contributed by atoms with Crippen LogP contribution < -0.4 is 0 Å². The van der Waals surface area contributed by atoms with Gasteiger partial charge in [-0.3, -0.25) is 4.57 Å². The molecule has 1 aromatic heterocycles. The standard InChI is InChI=1S/C37H32N2O/c1-37(2,3)30-21-22-34(32(24-30)27-15-8-5-9-16-27)39-25-33(38-36(39)31-19-10-11-20-35(31)40)29-18-12-17-28(23-29)26-13-6-4-7-14-26/h4-25,40H,1-3H3. The van der Waals surface area contributed by atoms with Gasteiger partial charge in [0.2, 0.25) is 0 Å². The van der Waals surface area contributed by atoms with Crippen LogP contribution in [0.5, 0.6) is 5.75 Å². The second-order valence-corrected chi connectivity index (χ2v) is 11.1. The molecule has 5 aromatic carbocycles. The van der Waals surface area contributed by atoms with E-state index in [4.69, 9.17) is 4.98 Å². The van der Waals surface area contributed by atoms with E-state index in [-0.39, 0.29) is 11.2 Å². The maximum atomic E-state index is 10.9. The molecule has 0 amide bonds. The molecule has 196 valence electrons. The summed E-state index contributed by atoms with van der Waals surface area (Å²) in [5, 5.41) is 10.9. The number of nitrogens with zero attached hydrogens (tertiary/aromatic N) is 2. The van der Waals surface area contributed by atoms with Gasteiger partial charge in [-0.15, -0.1) is 0 Å². The quantitative estimate of drug-likeness (QED) is 0.246. The highest BCUT2D eigenvalue weighted by atomic mass is 16.3. The molecule has 0 aliphatic heterocycles. The summed E-state index contributed by atoms with van der Waals surface area (Å²) in [5.74, 6) is 0.894. The number of phenolic OH excluding ortho intramolecular Hbond substituents is 1. The van der Waals surface area contributed by atoms with Crippen LogP contribution in [0.1, 0.15) is 26.3 Å². The van der Waals surface area contributed by atoms with E-state index in [9.17, 15) is 5.11 Å². The molecule has 0 fully saturated rings. The maximum absolute atomic E-state index is 10.9. The van der Waals surface area contributed by atoms with Gasteiger partial charge >= 0.3 is 0 Å². The van der Waals surface area contributed by atoms with Crippen LogP contribution in [0.3, 0.4) is 0 Å². The fraction of sp³-hybridized carbons (Fsp3) is 0.108. The lowest BCUT2D eigenvalue weighted by molar-refractivity contribution is 0.477. The fourth-order valence-electron chi connectivity index (χ4n) is 5.11. The molecule has 3 nitrogen and oxygen atoms in total. The van der Waals surface area contributed by atoms with Crippen molar-refractivity contribution in [1.82, 2.24) is 9.55 Å². The Labute approximate surface area is 236 Å². The first-order chi connectivity index (χ1) is 19.4. The van der Waals surface area contributed by atoms with Gasteiger partial charge in [0.05, 0.1) is 16.9 Å². The van der Waals surface area contributed by atoms with Crippen molar-refractivity contribution in [1.29, 1.82) is 0 Å². The topological polar surface area (TPSA) is 38.0 Å². The van der Waals surface area contributed by atoms with Crippen LogP contribution in [0.2, 0.25) is 0 Å². The molecule has 0 spiro atoms. The van der Waals surface area contributed by atoms with Gasteiger partial charge in [0.25, 0.3) is 0 Å². The van der Waals surface area contributed by atoms with Crippen molar-refractivity contribution in [3.63, 3.8) is 0 Å². The molecule has 0 aliphatic rings. The number of hydrogen-bond donors (Lipinski definition) is 1. The van der Waals surface area contributed by atoms with Gasteiger partial charge in [-0.1, -0.05) is 118 Å². The van der Waals surface area contributed by atoms with Crippen molar-refractivity contribution in [3.05, 3.63) is 139 Å². The molecule has 0 saturated carbocycles. The van der Waals surface area contributed by atoms with Crippen LogP contribution in [0.15, 0.2) is 134 Å². The minimum atomic E-state index is 0.000560. The lowest BCUT2D eigenvalue weighted by Crippen LogP contribution is -2.12. The van der Waals surface area contributed by atoms with E-state index >= 15 is 0 Å². The zero-order valence-electron chi connectivity index (χ0n) is 23.0. The molecule has 40 heavy (non-hydrogen) atoms.